The third-order valence-corrected chi connectivity index (χ3v) is 4.94. The summed E-state index contributed by atoms with van der Waals surface area (Å²) in [6, 6.07) is 17.4. The van der Waals surface area contributed by atoms with Gasteiger partial charge < -0.3 is 25.0 Å². The number of nitrogens with zero attached hydrogens (tertiary/aromatic N) is 1. The first-order valence-corrected chi connectivity index (χ1v) is 10.5. The van der Waals surface area contributed by atoms with E-state index in [1.807, 2.05) is 0 Å². The second-order valence-electron chi connectivity index (χ2n) is 7.33. The summed E-state index contributed by atoms with van der Waals surface area (Å²) in [4.78, 5) is 25.8. The third-order valence-electron chi connectivity index (χ3n) is 4.94. The first kappa shape index (κ1) is 24.8. The van der Waals surface area contributed by atoms with Crippen LogP contribution in [0, 0.1) is 0 Å². The molecule has 0 bridgehead atoms. The maximum Gasteiger partial charge on any atom is 0.287 e. The minimum atomic E-state index is -0.706. The number of carbonyl (C=O) groups is 2. The van der Waals surface area contributed by atoms with Gasteiger partial charge in [0.1, 0.15) is 17.2 Å². The van der Waals surface area contributed by atoms with Crippen molar-refractivity contribution in [1.82, 2.24) is 10.7 Å². The molecule has 0 heterocycles. The number of benzene rings is 3. The molecule has 4 N–H and O–H groups in total. The van der Waals surface area contributed by atoms with Crippen LogP contribution in [0.2, 0.25) is 0 Å². The Bertz CT molecular complexity index is 1290. The Labute approximate surface area is 202 Å². The molecule has 0 saturated heterocycles. The lowest BCUT2D eigenvalue weighted by molar-refractivity contribution is -0.117. The number of hydrogen-bond donors (Lipinski definition) is 4. The van der Waals surface area contributed by atoms with E-state index in [0.717, 1.165) is 0 Å². The van der Waals surface area contributed by atoms with Crippen LogP contribution in [-0.4, -0.2) is 42.0 Å². The number of carbonyl (C=O) groups excluding carboxylic acids is 2. The third kappa shape index (κ3) is 6.38. The number of aromatic hydroxyl groups is 2. The van der Waals surface area contributed by atoms with Crippen LogP contribution in [0.1, 0.15) is 28.4 Å². The van der Waals surface area contributed by atoms with Crippen LogP contribution in [0.4, 0.5) is 0 Å². The number of hydrazone groups is 1. The van der Waals surface area contributed by atoms with Gasteiger partial charge in [-0.3, -0.25) is 9.59 Å². The van der Waals surface area contributed by atoms with Crippen LogP contribution in [0.5, 0.6) is 23.0 Å². The maximum atomic E-state index is 13.0. The molecule has 0 fully saturated rings. The van der Waals surface area contributed by atoms with Crippen LogP contribution in [-0.2, 0) is 4.79 Å². The summed E-state index contributed by atoms with van der Waals surface area (Å²) in [6.45, 7) is 1.55. The molecule has 9 heteroatoms. The van der Waals surface area contributed by atoms with Crippen LogP contribution < -0.4 is 20.2 Å². The molecule has 3 aromatic rings. The summed E-state index contributed by atoms with van der Waals surface area (Å²) in [5, 5.41) is 26.3. The monoisotopic (exact) mass is 475 g/mol. The highest BCUT2D eigenvalue weighted by Gasteiger charge is 2.16. The van der Waals surface area contributed by atoms with Gasteiger partial charge in [0.15, 0.2) is 11.5 Å². The lowest BCUT2D eigenvalue weighted by Gasteiger charge is -2.11. The number of methoxy groups -OCH3 is 2. The fourth-order valence-corrected chi connectivity index (χ4v) is 3.12. The van der Waals surface area contributed by atoms with Crippen molar-refractivity contribution in [2.45, 2.75) is 6.92 Å². The van der Waals surface area contributed by atoms with Crippen LogP contribution in [0.3, 0.4) is 0 Å². The number of phenolic OH excluding ortho intramolecular Hbond substituents is 2. The van der Waals surface area contributed by atoms with Gasteiger partial charge in [0, 0.05) is 11.1 Å². The highest BCUT2D eigenvalue weighted by molar-refractivity contribution is 6.06. The van der Waals surface area contributed by atoms with Gasteiger partial charge in [0.05, 0.1) is 19.9 Å². The predicted octanol–water partition coefficient (Wildman–Crippen LogP) is 3.43. The molecule has 0 saturated carbocycles. The molecule has 3 aromatic carbocycles. The summed E-state index contributed by atoms with van der Waals surface area (Å²) < 4.78 is 10.6. The summed E-state index contributed by atoms with van der Waals surface area (Å²) in [5.41, 5.74) is 3.70. The van der Waals surface area contributed by atoms with E-state index < -0.39 is 11.8 Å². The van der Waals surface area contributed by atoms with E-state index in [-0.39, 0.29) is 28.5 Å². The van der Waals surface area contributed by atoms with Gasteiger partial charge in [-0.15, -0.1) is 0 Å². The molecule has 0 aliphatic carbocycles. The van der Waals surface area contributed by atoms with Crippen molar-refractivity contribution in [3.63, 3.8) is 0 Å². The maximum absolute atomic E-state index is 13.0. The summed E-state index contributed by atoms with van der Waals surface area (Å²) in [7, 11) is 3.00. The van der Waals surface area contributed by atoms with E-state index in [9.17, 15) is 19.8 Å². The van der Waals surface area contributed by atoms with Crippen molar-refractivity contribution >= 4 is 23.6 Å². The van der Waals surface area contributed by atoms with Gasteiger partial charge in [-0.2, -0.15) is 5.10 Å². The zero-order valence-electron chi connectivity index (χ0n) is 19.4. The molecular formula is C26H25N3O6. The number of rotatable bonds is 8. The first-order valence-electron chi connectivity index (χ1n) is 10.5. The molecule has 0 aliphatic rings. The summed E-state index contributed by atoms with van der Waals surface area (Å²) in [5.74, 6) is -0.416. The molecule has 0 radical (unpaired) electrons. The molecule has 180 valence electrons. The zero-order chi connectivity index (χ0) is 25.4. The first-order chi connectivity index (χ1) is 16.8. The number of hydrogen-bond acceptors (Lipinski definition) is 7. The second-order valence-corrected chi connectivity index (χ2v) is 7.33. The van der Waals surface area contributed by atoms with Crippen molar-refractivity contribution in [3.05, 3.63) is 89.1 Å². The number of ether oxygens (including phenoxy) is 2. The van der Waals surface area contributed by atoms with E-state index >= 15 is 0 Å². The Morgan fingerprint density at radius 3 is 2.31 bits per heavy atom. The van der Waals surface area contributed by atoms with Gasteiger partial charge >= 0.3 is 0 Å². The van der Waals surface area contributed by atoms with Crippen molar-refractivity contribution < 1.29 is 29.3 Å². The largest absolute Gasteiger partial charge is 0.508 e. The normalized spacial score (nSPS) is 11.5. The van der Waals surface area contributed by atoms with Gasteiger partial charge in [-0.1, -0.05) is 24.3 Å². The highest BCUT2D eigenvalue weighted by Crippen LogP contribution is 2.28. The van der Waals surface area contributed by atoms with E-state index in [1.165, 1.54) is 38.5 Å². The van der Waals surface area contributed by atoms with Gasteiger partial charge in [-0.25, -0.2) is 5.43 Å². The standard InChI is InChI=1S/C26H25N3O6/c1-16(20-15-19(30)10-11-22(20)31)28-29-26(33)21(27-25(32)18-7-5-4-6-8-18)13-17-9-12-23(34-2)24(14-17)35-3/h4-15,30-31H,1-3H3,(H,27,32)(H,29,33)/b21-13?,28-16+. The van der Waals surface area contributed by atoms with Gasteiger partial charge in [0.25, 0.3) is 11.8 Å². The lowest BCUT2D eigenvalue weighted by atomic mass is 10.1. The number of amides is 2. The van der Waals surface area contributed by atoms with E-state index in [0.29, 0.717) is 22.6 Å². The molecule has 0 unspecified atom stereocenters. The minimum absolute atomic E-state index is 0.0668. The predicted molar refractivity (Wildman–Crippen MR) is 132 cm³/mol. The van der Waals surface area contributed by atoms with Crippen LogP contribution in [0.15, 0.2) is 77.5 Å². The molecule has 2 amide bonds. The second kappa shape index (κ2) is 11.4. The van der Waals surface area contributed by atoms with Crippen LogP contribution >= 0.6 is 0 Å². The molecule has 0 atom stereocenters. The molecule has 3 rings (SSSR count). The SMILES string of the molecule is COc1ccc(C=C(NC(=O)c2ccccc2)C(=O)N/N=C(\C)c2cc(O)ccc2O)cc1OC. The molecule has 0 aliphatic heterocycles. The molecule has 0 aromatic heterocycles. The van der Waals surface area contributed by atoms with Gasteiger partial charge in [0.2, 0.25) is 0 Å². The fraction of sp³-hybridized carbons (Fsp3) is 0.115. The molecular weight excluding hydrogens is 450 g/mol. The Morgan fingerprint density at radius 2 is 1.63 bits per heavy atom. The Hall–Kier alpha value is -4.79. The van der Waals surface area contributed by atoms with Crippen LogP contribution in [0.25, 0.3) is 6.08 Å². The van der Waals surface area contributed by atoms with E-state index in [1.54, 1.807) is 55.5 Å². The quantitative estimate of drug-likeness (QED) is 0.171. The zero-order valence-corrected chi connectivity index (χ0v) is 19.4. The molecule has 0 spiro atoms. The van der Waals surface area contributed by atoms with Crippen molar-refractivity contribution in [1.29, 1.82) is 0 Å². The Morgan fingerprint density at radius 1 is 0.914 bits per heavy atom. The summed E-state index contributed by atoms with van der Waals surface area (Å²) >= 11 is 0. The average Bonchev–Trinajstić information content (AvgIpc) is 2.88. The van der Waals surface area contributed by atoms with E-state index in [2.05, 4.69) is 15.8 Å². The van der Waals surface area contributed by atoms with E-state index in [4.69, 9.17) is 9.47 Å². The van der Waals surface area contributed by atoms with Crippen molar-refractivity contribution in [2.24, 2.45) is 5.10 Å². The van der Waals surface area contributed by atoms with Crippen molar-refractivity contribution in [2.75, 3.05) is 14.2 Å². The molecule has 9 nitrogen and oxygen atoms in total. The van der Waals surface area contributed by atoms with Gasteiger partial charge in [-0.05, 0) is 61.0 Å². The number of nitrogens with one attached hydrogen (secondary N) is 2. The molecule has 35 heavy (non-hydrogen) atoms. The summed E-state index contributed by atoms with van der Waals surface area (Å²) in [6.07, 6.45) is 1.47. The highest BCUT2D eigenvalue weighted by atomic mass is 16.5. The Kier molecular flexibility index (Phi) is 8.07. The average molecular weight is 476 g/mol. The minimum Gasteiger partial charge on any atom is -0.508 e. The Balaban J connectivity index is 1.92. The number of phenols is 2. The lowest BCUT2D eigenvalue weighted by Crippen LogP contribution is -2.33. The fourth-order valence-electron chi connectivity index (χ4n) is 3.12. The smallest absolute Gasteiger partial charge is 0.287 e. The topological polar surface area (TPSA) is 129 Å². The van der Waals surface area contributed by atoms with Crippen molar-refractivity contribution in [3.8, 4) is 23.0 Å².